The second-order valence-electron chi connectivity index (χ2n) is 5.59. The number of hydrogen-bond donors (Lipinski definition) is 0. The molecule has 0 N–H and O–H groups in total. The Morgan fingerprint density at radius 2 is 1.27 bits per heavy atom. The lowest BCUT2D eigenvalue weighted by Crippen LogP contribution is -2.28. The Labute approximate surface area is 149 Å². The van der Waals surface area contributed by atoms with Crippen molar-refractivity contribution in [2.45, 2.75) is 0 Å². The minimum absolute atomic E-state index is 0.573. The third-order valence-corrected chi connectivity index (χ3v) is 7.02. The summed E-state index contributed by atoms with van der Waals surface area (Å²) in [5.41, 5.74) is 1.25. The maximum atomic E-state index is 6.57. The SMILES string of the molecule is c1cnc2c(c1)nnn2O[P+](n1cccc1)(n1cccc1)n1cccc1. The molecular weight excluding hydrogens is 349 g/mol. The van der Waals surface area contributed by atoms with E-state index < -0.39 is 7.94 Å². The predicted molar refractivity (Wildman–Crippen MR) is 98.3 cm³/mol. The molecule has 9 heteroatoms. The average Bonchev–Trinajstić information content (AvgIpc) is 3.49. The van der Waals surface area contributed by atoms with Gasteiger partial charge in [-0.05, 0) is 58.6 Å². The Morgan fingerprint density at radius 3 is 1.81 bits per heavy atom. The summed E-state index contributed by atoms with van der Waals surface area (Å²) >= 11 is 0. The third-order valence-electron chi connectivity index (χ3n) is 4.04. The lowest BCUT2D eigenvalue weighted by atomic mass is 10.4. The molecule has 0 radical (unpaired) electrons. The number of pyridine rings is 1. The van der Waals surface area contributed by atoms with Gasteiger partial charge in [-0.3, -0.25) is 0 Å². The van der Waals surface area contributed by atoms with Gasteiger partial charge in [-0.2, -0.15) is 17.6 Å². The number of hydrogen-bond acceptors (Lipinski definition) is 4. The molecule has 0 aliphatic rings. The van der Waals surface area contributed by atoms with Crippen molar-refractivity contribution in [3.63, 3.8) is 0 Å². The van der Waals surface area contributed by atoms with E-state index in [1.807, 2.05) is 85.7 Å². The molecule has 0 bridgehead atoms. The summed E-state index contributed by atoms with van der Waals surface area (Å²) in [5.74, 6) is 0. The van der Waals surface area contributed by atoms with E-state index >= 15 is 0 Å². The van der Waals surface area contributed by atoms with Gasteiger partial charge >= 0.3 is 7.94 Å². The molecule has 0 unspecified atom stereocenters. The minimum atomic E-state index is -2.63. The van der Waals surface area contributed by atoms with Gasteiger partial charge in [0.2, 0.25) is 5.65 Å². The quantitative estimate of drug-likeness (QED) is 0.450. The van der Waals surface area contributed by atoms with Crippen LogP contribution in [0.3, 0.4) is 0 Å². The number of fused-ring (bicyclic) bond motifs is 1. The van der Waals surface area contributed by atoms with E-state index in [4.69, 9.17) is 4.62 Å². The summed E-state index contributed by atoms with van der Waals surface area (Å²) < 4.78 is 12.7. The maximum absolute atomic E-state index is 6.57. The van der Waals surface area contributed by atoms with Crippen LogP contribution in [-0.2, 0) is 0 Å². The Hall–Kier alpha value is -3.38. The monoisotopic (exact) mass is 364 g/mol. The van der Waals surface area contributed by atoms with Crippen LogP contribution < -0.4 is 4.62 Å². The highest BCUT2D eigenvalue weighted by Gasteiger charge is 2.51. The Kier molecular flexibility index (Phi) is 3.36. The normalized spacial score (nSPS) is 11.8. The van der Waals surface area contributed by atoms with Crippen molar-refractivity contribution in [2.75, 3.05) is 0 Å². The van der Waals surface area contributed by atoms with Crippen LogP contribution in [0.15, 0.2) is 91.9 Å². The maximum Gasteiger partial charge on any atom is 0.532 e. The Morgan fingerprint density at radius 1 is 0.731 bits per heavy atom. The van der Waals surface area contributed by atoms with Crippen molar-refractivity contribution < 1.29 is 4.62 Å². The standard InChI is InChI=1S/C17H15N7OP/c1-2-11-21(10-1)26(22-12-3-4-13-22,23-14-5-6-15-23)25-24-17-16(19-20-24)8-7-9-18-17/h1-15H/q+1. The topological polar surface area (TPSA) is 67.6 Å². The smallest absolute Gasteiger partial charge is 0.232 e. The number of aromatic nitrogens is 7. The summed E-state index contributed by atoms with van der Waals surface area (Å²) in [5, 5.41) is 8.34. The van der Waals surface area contributed by atoms with Gasteiger partial charge in [0.05, 0.1) is 0 Å². The molecule has 0 saturated carbocycles. The molecule has 128 valence electrons. The first-order valence-corrected chi connectivity index (χ1v) is 9.61. The summed E-state index contributed by atoms with van der Waals surface area (Å²) in [6.45, 7) is 0. The van der Waals surface area contributed by atoms with Crippen LogP contribution >= 0.6 is 7.94 Å². The lowest BCUT2D eigenvalue weighted by Gasteiger charge is -2.24. The summed E-state index contributed by atoms with van der Waals surface area (Å²) in [4.78, 5) is 5.78. The van der Waals surface area contributed by atoms with Gasteiger partial charge in [-0.1, -0.05) is 0 Å². The fourth-order valence-corrected chi connectivity index (χ4v) is 5.68. The van der Waals surface area contributed by atoms with Gasteiger partial charge < -0.3 is 0 Å². The highest BCUT2D eigenvalue weighted by Crippen LogP contribution is 2.59. The molecule has 5 aromatic heterocycles. The van der Waals surface area contributed by atoms with E-state index in [0.717, 1.165) is 0 Å². The molecular formula is C17H15N7OP+. The number of nitrogens with zero attached hydrogens (tertiary/aromatic N) is 7. The van der Waals surface area contributed by atoms with Crippen LogP contribution in [0, 0.1) is 0 Å². The van der Waals surface area contributed by atoms with E-state index in [-0.39, 0.29) is 0 Å². The Balaban J connectivity index is 1.76. The van der Waals surface area contributed by atoms with Gasteiger partial charge in [0.1, 0.15) is 5.52 Å². The van der Waals surface area contributed by atoms with Crippen molar-refractivity contribution in [3.8, 4) is 0 Å². The fraction of sp³-hybridized carbons (Fsp3) is 0. The molecule has 0 spiro atoms. The second-order valence-corrected chi connectivity index (χ2v) is 8.17. The van der Waals surface area contributed by atoms with E-state index in [0.29, 0.717) is 11.2 Å². The largest absolute Gasteiger partial charge is 0.532 e. The molecule has 5 aromatic rings. The fourth-order valence-electron chi connectivity index (χ4n) is 2.89. The summed E-state index contributed by atoms with van der Waals surface area (Å²) in [6, 6.07) is 15.5. The summed E-state index contributed by atoms with van der Waals surface area (Å²) in [7, 11) is -2.63. The molecule has 0 amide bonds. The van der Waals surface area contributed by atoms with Crippen LogP contribution in [0.2, 0.25) is 0 Å². The zero-order chi connectivity index (χ0) is 17.4. The molecule has 5 heterocycles. The molecule has 0 aliphatic carbocycles. The van der Waals surface area contributed by atoms with Crippen molar-refractivity contribution in [2.24, 2.45) is 0 Å². The molecule has 0 saturated heterocycles. The minimum Gasteiger partial charge on any atom is -0.232 e. The first-order valence-electron chi connectivity index (χ1n) is 8.05. The van der Waals surface area contributed by atoms with Crippen molar-refractivity contribution in [3.05, 3.63) is 91.9 Å². The molecule has 26 heavy (non-hydrogen) atoms. The van der Waals surface area contributed by atoms with Crippen LogP contribution in [0.5, 0.6) is 0 Å². The predicted octanol–water partition coefficient (Wildman–Crippen LogP) is 2.98. The Bertz CT molecular complexity index is 1030. The van der Waals surface area contributed by atoms with E-state index in [1.165, 1.54) is 4.85 Å². The highest BCUT2D eigenvalue weighted by atomic mass is 31.2. The first kappa shape index (κ1) is 14.9. The zero-order valence-corrected chi connectivity index (χ0v) is 14.5. The zero-order valence-electron chi connectivity index (χ0n) is 13.6. The van der Waals surface area contributed by atoms with Crippen LogP contribution in [0.4, 0.5) is 0 Å². The van der Waals surface area contributed by atoms with Gasteiger partial charge in [0.25, 0.3) is 0 Å². The van der Waals surface area contributed by atoms with Crippen molar-refractivity contribution >= 4 is 19.1 Å². The van der Waals surface area contributed by atoms with Crippen LogP contribution in [0.1, 0.15) is 0 Å². The van der Waals surface area contributed by atoms with E-state index in [9.17, 15) is 0 Å². The third kappa shape index (κ3) is 2.16. The first-order chi connectivity index (χ1) is 12.9. The lowest BCUT2D eigenvalue weighted by molar-refractivity contribution is 0.241. The second kappa shape index (κ2) is 5.86. The van der Waals surface area contributed by atoms with Crippen molar-refractivity contribution in [1.82, 2.24) is 33.2 Å². The highest BCUT2D eigenvalue weighted by molar-refractivity contribution is 7.66. The van der Waals surface area contributed by atoms with Gasteiger partial charge in [-0.25, -0.2) is 4.98 Å². The summed E-state index contributed by atoms with van der Waals surface area (Å²) in [6.07, 6.45) is 13.6. The molecule has 0 fully saturated rings. The molecule has 0 aliphatic heterocycles. The average molecular weight is 364 g/mol. The molecule has 0 aromatic carbocycles. The van der Waals surface area contributed by atoms with Crippen LogP contribution in [0.25, 0.3) is 11.2 Å². The van der Waals surface area contributed by atoms with Gasteiger partial charge in [0.15, 0.2) is 0 Å². The van der Waals surface area contributed by atoms with Gasteiger partial charge in [0, 0.05) is 43.4 Å². The van der Waals surface area contributed by atoms with E-state index in [2.05, 4.69) is 28.3 Å². The van der Waals surface area contributed by atoms with Gasteiger partial charge in [-0.15, -0.1) is 5.10 Å². The molecule has 0 atom stereocenters. The van der Waals surface area contributed by atoms with Crippen molar-refractivity contribution in [1.29, 1.82) is 0 Å². The number of rotatable bonds is 5. The van der Waals surface area contributed by atoms with E-state index in [1.54, 1.807) is 6.20 Å². The molecule has 5 rings (SSSR count). The van der Waals surface area contributed by atoms with Crippen LogP contribution in [-0.4, -0.2) is 33.2 Å². The molecule has 8 nitrogen and oxygen atoms in total.